The van der Waals surface area contributed by atoms with E-state index in [0.29, 0.717) is 69.2 Å². The zero-order chi connectivity index (χ0) is 44.6. The number of carbonyl (C=O) groups excluding carboxylic acids is 2. The van der Waals surface area contributed by atoms with Crippen molar-refractivity contribution in [2.45, 2.75) is 97.0 Å². The Balaban J connectivity index is 1.02. The number of alkyl carbamates (subject to hydrolysis) is 1. The molecular formula is C51H57FN2O9. The van der Waals surface area contributed by atoms with Crippen LogP contribution in [-0.2, 0) is 46.8 Å². The molecule has 2 atom stereocenters. The largest absolute Gasteiger partial charge is 0.493 e. The number of halogens is 1. The summed E-state index contributed by atoms with van der Waals surface area (Å²) in [5, 5.41) is 15.3. The van der Waals surface area contributed by atoms with Crippen molar-refractivity contribution in [1.29, 1.82) is 0 Å². The van der Waals surface area contributed by atoms with Crippen LogP contribution in [-0.4, -0.2) is 54.5 Å². The van der Waals surface area contributed by atoms with Gasteiger partial charge in [0, 0.05) is 30.2 Å². The second-order valence-corrected chi connectivity index (χ2v) is 15.8. The number of ether oxygens (including phenoxy) is 5. The standard InChI is InChI=1S/C51H57FN2O9/c1-4-14-41-43(59-29-13-30-60-45-32-46(61-33-35-15-8-6-9-16-35)42(31-37(45)5-2)38-19-23-40(52)24-20-38)25-21-39-22-26-44(63-47(39)41)48(55)53-28-12-27-51(3,49(56)57)54-50(58)62-34-36-17-10-7-11-18-36/h6-11,15-21,23-25,31-32,44H,4-5,12-14,22,26-30,33-34H2,1-3H3,(H,53,55)(H,54,58)(H,56,57). The number of carboxylic acid groups (broad SMARTS) is 1. The lowest BCUT2D eigenvalue weighted by Crippen LogP contribution is -2.52. The molecule has 0 bridgehead atoms. The highest BCUT2D eigenvalue weighted by Crippen LogP contribution is 2.39. The van der Waals surface area contributed by atoms with E-state index in [2.05, 4.69) is 30.5 Å². The van der Waals surface area contributed by atoms with Gasteiger partial charge in [-0.1, -0.05) is 99.1 Å². The fourth-order valence-corrected chi connectivity index (χ4v) is 7.42. The zero-order valence-corrected chi connectivity index (χ0v) is 36.3. The van der Waals surface area contributed by atoms with E-state index in [1.54, 1.807) is 24.3 Å². The number of hydrogen-bond donors (Lipinski definition) is 3. The van der Waals surface area contributed by atoms with Crippen LogP contribution < -0.4 is 29.6 Å². The van der Waals surface area contributed by atoms with Gasteiger partial charge in [-0.25, -0.2) is 14.0 Å². The normalized spacial score (nSPS) is 14.0. The lowest BCUT2D eigenvalue weighted by atomic mass is 9.95. The topological polar surface area (TPSA) is 142 Å². The number of nitrogens with one attached hydrogen (secondary N) is 2. The van der Waals surface area contributed by atoms with E-state index < -0.39 is 23.7 Å². The van der Waals surface area contributed by atoms with Gasteiger partial charge in [0.25, 0.3) is 5.91 Å². The number of aliphatic carboxylic acids is 1. The number of benzene rings is 5. The Bertz CT molecular complexity index is 2290. The fourth-order valence-electron chi connectivity index (χ4n) is 7.42. The maximum absolute atomic E-state index is 13.8. The first-order valence-corrected chi connectivity index (χ1v) is 21.7. The third-order valence-electron chi connectivity index (χ3n) is 11.0. The first-order chi connectivity index (χ1) is 30.6. The van der Waals surface area contributed by atoms with Crippen LogP contribution in [0.5, 0.6) is 23.0 Å². The summed E-state index contributed by atoms with van der Waals surface area (Å²) in [5.41, 5.74) is 4.87. The monoisotopic (exact) mass is 860 g/mol. The molecule has 1 aliphatic rings. The number of carbonyl (C=O) groups is 3. The molecule has 0 saturated carbocycles. The van der Waals surface area contributed by atoms with Crippen LogP contribution in [0.1, 0.15) is 80.7 Å². The van der Waals surface area contributed by atoms with Gasteiger partial charge in [0.1, 0.15) is 47.6 Å². The van der Waals surface area contributed by atoms with E-state index in [-0.39, 0.29) is 31.3 Å². The molecule has 332 valence electrons. The van der Waals surface area contributed by atoms with E-state index >= 15 is 0 Å². The van der Waals surface area contributed by atoms with Gasteiger partial charge < -0.3 is 39.4 Å². The van der Waals surface area contributed by atoms with Crippen molar-refractivity contribution in [1.82, 2.24) is 10.6 Å². The summed E-state index contributed by atoms with van der Waals surface area (Å²) in [6.07, 6.45) is 2.82. The second kappa shape index (κ2) is 22.5. The quantitative estimate of drug-likeness (QED) is 0.0580. The molecule has 2 unspecified atom stereocenters. The molecule has 1 heterocycles. The second-order valence-electron chi connectivity index (χ2n) is 15.8. The van der Waals surface area contributed by atoms with Crippen LogP contribution in [0.3, 0.4) is 0 Å². The maximum atomic E-state index is 13.8. The number of carboxylic acids is 1. The maximum Gasteiger partial charge on any atom is 0.408 e. The molecular weight excluding hydrogens is 804 g/mol. The molecule has 0 saturated heterocycles. The number of aryl methyl sites for hydroxylation is 2. The summed E-state index contributed by atoms with van der Waals surface area (Å²) in [7, 11) is 0. The Hall–Kier alpha value is -6.56. The average Bonchev–Trinajstić information content (AvgIpc) is 3.30. The number of fused-ring (bicyclic) bond motifs is 1. The van der Waals surface area contributed by atoms with Crippen molar-refractivity contribution < 1.29 is 47.6 Å². The van der Waals surface area contributed by atoms with Crippen LogP contribution in [0.15, 0.2) is 109 Å². The predicted molar refractivity (Wildman–Crippen MR) is 239 cm³/mol. The Morgan fingerprint density at radius 2 is 1.49 bits per heavy atom. The molecule has 3 N–H and O–H groups in total. The first kappa shape index (κ1) is 46.0. The highest BCUT2D eigenvalue weighted by atomic mass is 19.1. The molecule has 0 spiro atoms. The first-order valence-electron chi connectivity index (χ1n) is 21.7. The zero-order valence-electron chi connectivity index (χ0n) is 36.3. The van der Waals surface area contributed by atoms with Gasteiger partial charge in [-0.2, -0.15) is 0 Å². The molecule has 0 radical (unpaired) electrons. The van der Waals surface area contributed by atoms with E-state index in [4.69, 9.17) is 23.7 Å². The van der Waals surface area contributed by atoms with Gasteiger partial charge >= 0.3 is 12.1 Å². The van der Waals surface area contributed by atoms with Crippen molar-refractivity contribution in [3.8, 4) is 34.1 Å². The lowest BCUT2D eigenvalue weighted by molar-refractivity contribution is -0.144. The molecule has 11 nitrogen and oxygen atoms in total. The van der Waals surface area contributed by atoms with Crippen LogP contribution in [0.25, 0.3) is 11.1 Å². The highest BCUT2D eigenvalue weighted by Gasteiger charge is 2.35. The van der Waals surface area contributed by atoms with E-state index in [1.807, 2.05) is 66.7 Å². The van der Waals surface area contributed by atoms with E-state index in [9.17, 15) is 23.9 Å². The summed E-state index contributed by atoms with van der Waals surface area (Å²) < 4.78 is 44.5. The summed E-state index contributed by atoms with van der Waals surface area (Å²) in [4.78, 5) is 37.9. The van der Waals surface area contributed by atoms with Crippen molar-refractivity contribution in [3.05, 3.63) is 143 Å². The summed E-state index contributed by atoms with van der Waals surface area (Å²) in [5.74, 6) is 0.946. The van der Waals surface area contributed by atoms with Crippen molar-refractivity contribution in [2.75, 3.05) is 19.8 Å². The minimum Gasteiger partial charge on any atom is -0.493 e. The molecule has 0 fully saturated rings. The van der Waals surface area contributed by atoms with Crippen LogP contribution in [0.2, 0.25) is 0 Å². The summed E-state index contributed by atoms with van der Waals surface area (Å²) in [6.45, 7) is 6.93. The molecule has 63 heavy (non-hydrogen) atoms. The molecule has 0 aliphatic carbocycles. The highest BCUT2D eigenvalue weighted by molar-refractivity contribution is 5.84. The van der Waals surface area contributed by atoms with Crippen molar-refractivity contribution in [2.24, 2.45) is 0 Å². The van der Waals surface area contributed by atoms with E-state index in [0.717, 1.165) is 57.5 Å². The average molecular weight is 861 g/mol. The number of hydrogen-bond acceptors (Lipinski definition) is 8. The van der Waals surface area contributed by atoms with Gasteiger partial charge in [0.2, 0.25) is 0 Å². The Labute approximate surface area is 368 Å². The Kier molecular flexibility index (Phi) is 16.4. The molecule has 1 aliphatic heterocycles. The predicted octanol–water partition coefficient (Wildman–Crippen LogP) is 9.79. The molecule has 2 amide bonds. The van der Waals surface area contributed by atoms with Gasteiger partial charge in [-0.3, -0.25) is 4.79 Å². The van der Waals surface area contributed by atoms with Crippen LogP contribution >= 0.6 is 0 Å². The van der Waals surface area contributed by atoms with Gasteiger partial charge in [-0.15, -0.1) is 0 Å². The number of amides is 2. The third-order valence-corrected chi connectivity index (χ3v) is 11.0. The van der Waals surface area contributed by atoms with Gasteiger partial charge in [-0.05, 0) is 97.5 Å². The smallest absolute Gasteiger partial charge is 0.408 e. The molecule has 12 heteroatoms. The molecule has 5 aromatic carbocycles. The SMILES string of the molecule is CCCc1c(OCCCOc2cc(OCc3ccccc3)c(-c3ccc(F)cc3)cc2CC)ccc2c1OC(C(=O)NCCCC(C)(NC(=O)OCc1ccccc1)C(=O)O)CC2. The Morgan fingerprint density at radius 3 is 2.16 bits per heavy atom. The lowest BCUT2D eigenvalue weighted by Gasteiger charge is -2.29. The summed E-state index contributed by atoms with van der Waals surface area (Å²) >= 11 is 0. The fraction of sp³-hybridized carbons (Fsp3) is 0.353. The molecule has 0 aromatic heterocycles. The van der Waals surface area contributed by atoms with Crippen molar-refractivity contribution in [3.63, 3.8) is 0 Å². The van der Waals surface area contributed by atoms with Crippen molar-refractivity contribution >= 4 is 18.0 Å². The summed E-state index contributed by atoms with van der Waals surface area (Å²) in [6, 6.07) is 33.4. The van der Waals surface area contributed by atoms with Crippen LogP contribution in [0.4, 0.5) is 9.18 Å². The molecule has 6 rings (SSSR count). The van der Waals surface area contributed by atoms with Crippen LogP contribution in [0, 0.1) is 5.82 Å². The minimum atomic E-state index is -1.59. The Morgan fingerprint density at radius 1 is 0.810 bits per heavy atom. The molecule has 5 aromatic rings. The van der Waals surface area contributed by atoms with Gasteiger partial charge in [0.15, 0.2) is 6.10 Å². The van der Waals surface area contributed by atoms with Gasteiger partial charge in [0.05, 0.1) is 13.2 Å². The minimum absolute atomic E-state index is 0.0110. The van der Waals surface area contributed by atoms with E-state index in [1.165, 1.54) is 19.1 Å². The number of rotatable bonds is 22. The third kappa shape index (κ3) is 12.7.